The van der Waals surface area contributed by atoms with Crippen LogP contribution in [-0.2, 0) is 10.0 Å². The Morgan fingerprint density at radius 3 is 2.33 bits per heavy atom. The highest BCUT2D eigenvalue weighted by molar-refractivity contribution is 7.89. The van der Waals surface area contributed by atoms with Crippen molar-refractivity contribution in [1.29, 1.82) is 0 Å². The smallest absolute Gasteiger partial charge is 0.227 e. The number of aryl methyl sites for hydroxylation is 2. The van der Waals surface area contributed by atoms with E-state index in [1.54, 1.807) is 4.31 Å². The quantitative estimate of drug-likeness (QED) is 0.818. The summed E-state index contributed by atoms with van der Waals surface area (Å²) in [6.07, 6.45) is 0.636. The van der Waals surface area contributed by atoms with E-state index in [1.807, 2.05) is 49.1 Å². The molecule has 8 heteroatoms. The van der Waals surface area contributed by atoms with E-state index in [1.165, 1.54) is 5.56 Å². The summed E-state index contributed by atoms with van der Waals surface area (Å²) in [6.45, 7) is 8.01. The van der Waals surface area contributed by atoms with Crippen LogP contribution in [0.1, 0.15) is 24.6 Å². The van der Waals surface area contributed by atoms with E-state index in [0.29, 0.717) is 38.5 Å². The van der Waals surface area contributed by atoms with Gasteiger partial charge in [-0.05, 0) is 32.4 Å². The van der Waals surface area contributed by atoms with E-state index in [9.17, 15) is 8.42 Å². The normalized spacial score (nSPS) is 15.7. The number of anilines is 3. The predicted molar refractivity (Wildman–Crippen MR) is 109 cm³/mol. The van der Waals surface area contributed by atoms with Crippen LogP contribution in [0, 0.1) is 13.8 Å². The van der Waals surface area contributed by atoms with Gasteiger partial charge in [-0.3, -0.25) is 0 Å². The predicted octanol–water partition coefficient (Wildman–Crippen LogP) is 2.70. The first kappa shape index (κ1) is 19.6. The third-order valence-electron chi connectivity index (χ3n) is 4.54. The molecular weight excluding hydrogens is 362 g/mol. The molecule has 0 radical (unpaired) electrons. The summed E-state index contributed by atoms with van der Waals surface area (Å²) in [5.41, 5.74) is 3.05. The van der Waals surface area contributed by atoms with Gasteiger partial charge in [0.15, 0.2) is 0 Å². The maximum absolute atomic E-state index is 12.2. The maximum atomic E-state index is 12.2. The van der Waals surface area contributed by atoms with Gasteiger partial charge in [0.1, 0.15) is 5.82 Å². The van der Waals surface area contributed by atoms with Gasteiger partial charge in [-0.25, -0.2) is 13.4 Å². The molecule has 1 fully saturated rings. The Labute approximate surface area is 161 Å². The van der Waals surface area contributed by atoms with Crippen LogP contribution in [0.5, 0.6) is 0 Å². The van der Waals surface area contributed by atoms with Crippen LogP contribution in [0.15, 0.2) is 30.3 Å². The van der Waals surface area contributed by atoms with E-state index in [0.717, 1.165) is 17.2 Å². The molecular formula is C19H27N5O2S. The summed E-state index contributed by atoms with van der Waals surface area (Å²) in [5, 5.41) is 3.32. The molecule has 1 saturated heterocycles. The van der Waals surface area contributed by atoms with Crippen molar-refractivity contribution in [2.45, 2.75) is 27.2 Å². The van der Waals surface area contributed by atoms with Gasteiger partial charge in [0, 0.05) is 43.6 Å². The zero-order chi connectivity index (χ0) is 19.4. The Balaban J connectivity index is 1.71. The second-order valence-corrected chi connectivity index (χ2v) is 8.98. The van der Waals surface area contributed by atoms with Gasteiger partial charge in [0.05, 0.1) is 5.75 Å². The van der Waals surface area contributed by atoms with Crippen molar-refractivity contribution in [2.24, 2.45) is 0 Å². The molecule has 1 aromatic carbocycles. The molecule has 27 heavy (non-hydrogen) atoms. The van der Waals surface area contributed by atoms with Crippen LogP contribution in [0.2, 0.25) is 0 Å². The van der Waals surface area contributed by atoms with E-state index in [4.69, 9.17) is 0 Å². The Morgan fingerprint density at radius 2 is 1.70 bits per heavy atom. The average Bonchev–Trinajstić information content (AvgIpc) is 2.63. The largest absolute Gasteiger partial charge is 0.340 e. The molecule has 0 saturated carbocycles. The first-order valence-electron chi connectivity index (χ1n) is 9.29. The first-order chi connectivity index (χ1) is 12.9. The Morgan fingerprint density at radius 1 is 1.04 bits per heavy atom. The number of rotatable bonds is 6. The summed E-state index contributed by atoms with van der Waals surface area (Å²) < 4.78 is 26.0. The molecule has 1 aromatic heterocycles. The fraction of sp³-hybridized carbons (Fsp3) is 0.474. The summed E-state index contributed by atoms with van der Waals surface area (Å²) in [4.78, 5) is 11.2. The van der Waals surface area contributed by atoms with Gasteiger partial charge in [0.25, 0.3) is 0 Å². The molecule has 1 aliphatic heterocycles. The molecule has 2 aromatic rings. The minimum absolute atomic E-state index is 0.207. The SMILES string of the molecule is CCCS(=O)(=O)N1CCN(c2nc(C)cc(Nc3ccc(C)cc3)n2)CC1. The zero-order valence-electron chi connectivity index (χ0n) is 16.1. The van der Waals surface area contributed by atoms with Crippen LogP contribution in [0.3, 0.4) is 0 Å². The summed E-state index contributed by atoms with van der Waals surface area (Å²) in [6, 6.07) is 10.0. The monoisotopic (exact) mass is 389 g/mol. The van der Waals surface area contributed by atoms with Gasteiger partial charge in [0.2, 0.25) is 16.0 Å². The molecule has 0 atom stereocenters. The molecule has 0 aliphatic carbocycles. The maximum Gasteiger partial charge on any atom is 0.227 e. The Hall–Kier alpha value is -2.19. The fourth-order valence-corrected chi connectivity index (χ4v) is 4.59. The highest BCUT2D eigenvalue weighted by atomic mass is 32.2. The van der Waals surface area contributed by atoms with Crippen LogP contribution < -0.4 is 10.2 Å². The van der Waals surface area contributed by atoms with E-state index >= 15 is 0 Å². The van der Waals surface area contributed by atoms with Crippen molar-refractivity contribution >= 4 is 27.5 Å². The fourth-order valence-electron chi connectivity index (χ4n) is 3.10. The number of nitrogens with one attached hydrogen (secondary N) is 1. The minimum atomic E-state index is -3.15. The molecule has 1 aliphatic rings. The van der Waals surface area contributed by atoms with Crippen molar-refractivity contribution < 1.29 is 8.42 Å². The van der Waals surface area contributed by atoms with Crippen LogP contribution in [-0.4, -0.2) is 54.6 Å². The lowest BCUT2D eigenvalue weighted by Crippen LogP contribution is -2.49. The summed E-state index contributed by atoms with van der Waals surface area (Å²) in [7, 11) is -3.15. The van der Waals surface area contributed by atoms with E-state index in [2.05, 4.69) is 22.2 Å². The third-order valence-corrected chi connectivity index (χ3v) is 6.62. The zero-order valence-corrected chi connectivity index (χ0v) is 17.0. The molecule has 146 valence electrons. The number of nitrogens with zero attached hydrogens (tertiary/aromatic N) is 4. The molecule has 0 amide bonds. The van der Waals surface area contributed by atoms with Gasteiger partial charge >= 0.3 is 0 Å². The van der Waals surface area contributed by atoms with Gasteiger partial charge in [-0.2, -0.15) is 9.29 Å². The van der Waals surface area contributed by atoms with Crippen LogP contribution in [0.4, 0.5) is 17.5 Å². The molecule has 1 N–H and O–H groups in total. The molecule has 2 heterocycles. The number of piperazine rings is 1. The summed E-state index contributed by atoms with van der Waals surface area (Å²) in [5.74, 6) is 1.58. The van der Waals surface area contributed by atoms with Crippen molar-refractivity contribution in [1.82, 2.24) is 14.3 Å². The lowest BCUT2D eigenvalue weighted by Gasteiger charge is -2.34. The first-order valence-corrected chi connectivity index (χ1v) is 10.9. The lowest BCUT2D eigenvalue weighted by molar-refractivity contribution is 0.382. The van der Waals surface area contributed by atoms with Crippen LogP contribution in [0.25, 0.3) is 0 Å². The number of aromatic nitrogens is 2. The average molecular weight is 390 g/mol. The van der Waals surface area contributed by atoms with Gasteiger partial charge in [-0.15, -0.1) is 0 Å². The van der Waals surface area contributed by atoms with Gasteiger partial charge < -0.3 is 10.2 Å². The number of hydrogen-bond acceptors (Lipinski definition) is 6. The standard InChI is InChI=1S/C19H27N5O2S/c1-4-13-27(25,26)24-11-9-23(10-12-24)19-20-16(3)14-18(22-19)21-17-7-5-15(2)6-8-17/h5-8,14H,4,9-13H2,1-3H3,(H,20,21,22). The second kappa shape index (κ2) is 8.22. The number of sulfonamides is 1. The molecule has 7 nitrogen and oxygen atoms in total. The molecule has 0 unspecified atom stereocenters. The van der Waals surface area contributed by atoms with E-state index < -0.39 is 10.0 Å². The van der Waals surface area contributed by atoms with Crippen molar-refractivity contribution in [3.63, 3.8) is 0 Å². The number of hydrogen-bond donors (Lipinski definition) is 1. The Bertz CT molecular complexity index is 875. The topological polar surface area (TPSA) is 78.4 Å². The van der Waals surface area contributed by atoms with Crippen LogP contribution >= 0.6 is 0 Å². The lowest BCUT2D eigenvalue weighted by atomic mass is 10.2. The molecule has 0 spiro atoms. The third kappa shape index (κ3) is 4.95. The summed E-state index contributed by atoms with van der Waals surface area (Å²) >= 11 is 0. The van der Waals surface area contributed by atoms with Crippen molar-refractivity contribution in [3.8, 4) is 0 Å². The second-order valence-electron chi connectivity index (χ2n) is 6.89. The Kier molecular flexibility index (Phi) is 5.96. The number of benzene rings is 1. The van der Waals surface area contributed by atoms with E-state index in [-0.39, 0.29) is 5.75 Å². The molecule has 3 rings (SSSR count). The minimum Gasteiger partial charge on any atom is -0.340 e. The highest BCUT2D eigenvalue weighted by Crippen LogP contribution is 2.20. The highest BCUT2D eigenvalue weighted by Gasteiger charge is 2.27. The molecule has 0 bridgehead atoms. The van der Waals surface area contributed by atoms with Crippen molar-refractivity contribution in [2.75, 3.05) is 42.1 Å². The van der Waals surface area contributed by atoms with Crippen molar-refractivity contribution in [3.05, 3.63) is 41.6 Å². The van der Waals surface area contributed by atoms with Gasteiger partial charge in [-0.1, -0.05) is 24.6 Å².